The molecule has 0 atom stereocenters. The van der Waals surface area contributed by atoms with Crippen molar-refractivity contribution in [1.29, 1.82) is 0 Å². The van der Waals surface area contributed by atoms with Crippen LogP contribution in [0, 0.1) is 0 Å². The van der Waals surface area contributed by atoms with Crippen molar-refractivity contribution < 1.29 is 4.79 Å². The van der Waals surface area contributed by atoms with E-state index in [9.17, 15) is 4.79 Å². The van der Waals surface area contributed by atoms with Crippen molar-refractivity contribution in [3.05, 3.63) is 76.8 Å². The van der Waals surface area contributed by atoms with Gasteiger partial charge in [0.15, 0.2) is 0 Å². The summed E-state index contributed by atoms with van der Waals surface area (Å²) in [6, 6.07) is 18.7. The van der Waals surface area contributed by atoms with Gasteiger partial charge in [-0.1, -0.05) is 79.4 Å². The minimum Gasteiger partial charge on any atom is -0.342 e. The second-order valence-electron chi connectivity index (χ2n) is 6.55. The Bertz CT molecular complexity index is 1040. The Morgan fingerprint density at radius 1 is 1.07 bits per heavy atom. The van der Waals surface area contributed by atoms with E-state index in [1.165, 1.54) is 17.3 Å². The van der Waals surface area contributed by atoms with E-state index in [1.807, 2.05) is 24.3 Å². The predicted octanol–water partition coefficient (Wildman–Crippen LogP) is 5.30. The Morgan fingerprint density at radius 3 is 2.59 bits per heavy atom. The molecule has 0 spiro atoms. The highest BCUT2D eigenvalue weighted by Crippen LogP contribution is 2.34. The summed E-state index contributed by atoms with van der Waals surface area (Å²) in [5.74, 6) is 0.0201. The Labute approximate surface area is 168 Å². The minimum atomic E-state index is 0.0201. The lowest BCUT2D eigenvalue weighted by molar-refractivity contribution is -0.122. The van der Waals surface area contributed by atoms with E-state index < -0.39 is 0 Å². The molecule has 136 valence electrons. The van der Waals surface area contributed by atoms with Gasteiger partial charge in [0.2, 0.25) is 0 Å². The van der Waals surface area contributed by atoms with Crippen molar-refractivity contribution in [1.82, 2.24) is 9.47 Å². The van der Waals surface area contributed by atoms with Crippen LogP contribution in [0.5, 0.6) is 0 Å². The topological polar surface area (TPSA) is 25.2 Å². The van der Waals surface area contributed by atoms with Crippen LogP contribution in [0.1, 0.15) is 24.5 Å². The molecule has 0 bridgehead atoms. The maximum Gasteiger partial charge on any atom is 0.266 e. The van der Waals surface area contributed by atoms with E-state index in [0.717, 1.165) is 29.4 Å². The zero-order valence-electron chi connectivity index (χ0n) is 15.1. The SMILES string of the molecule is CCCN1C(=O)/C(=C\c2cn(Cc3ccccc3)c3ccccc23)SC1=S. The first-order valence-corrected chi connectivity index (χ1v) is 10.3. The van der Waals surface area contributed by atoms with Crippen LogP contribution in [0.25, 0.3) is 17.0 Å². The summed E-state index contributed by atoms with van der Waals surface area (Å²) in [7, 11) is 0. The maximum absolute atomic E-state index is 12.7. The molecule has 1 aliphatic rings. The molecule has 3 aromatic rings. The normalized spacial score (nSPS) is 16.0. The van der Waals surface area contributed by atoms with Crippen LogP contribution >= 0.6 is 24.0 Å². The third-order valence-electron chi connectivity index (χ3n) is 4.62. The summed E-state index contributed by atoms with van der Waals surface area (Å²) < 4.78 is 2.89. The van der Waals surface area contributed by atoms with Crippen molar-refractivity contribution in [2.24, 2.45) is 0 Å². The van der Waals surface area contributed by atoms with Crippen molar-refractivity contribution in [3.8, 4) is 0 Å². The molecule has 5 heteroatoms. The summed E-state index contributed by atoms with van der Waals surface area (Å²) in [6.45, 7) is 3.53. The third kappa shape index (κ3) is 3.57. The van der Waals surface area contributed by atoms with E-state index >= 15 is 0 Å². The molecule has 27 heavy (non-hydrogen) atoms. The molecule has 1 aliphatic heterocycles. The molecular formula is C22H20N2OS2. The molecule has 0 N–H and O–H groups in total. The molecule has 1 fully saturated rings. The summed E-state index contributed by atoms with van der Waals surface area (Å²) >= 11 is 6.78. The fourth-order valence-corrected chi connectivity index (χ4v) is 4.66. The number of rotatable bonds is 5. The van der Waals surface area contributed by atoms with Gasteiger partial charge in [-0.25, -0.2) is 0 Å². The predicted molar refractivity (Wildman–Crippen MR) is 118 cm³/mol. The molecule has 1 amide bonds. The number of thiocarbonyl (C=S) groups is 1. The Hall–Kier alpha value is -2.37. The quantitative estimate of drug-likeness (QED) is 0.435. The second kappa shape index (κ2) is 7.71. The smallest absolute Gasteiger partial charge is 0.266 e. The van der Waals surface area contributed by atoms with Gasteiger partial charge in [0, 0.05) is 35.8 Å². The van der Waals surface area contributed by atoms with Gasteiger partial charge in [0.1, 0.15) is 4.32 Å². The number of carbonyl (C=O) groups excluding carboxylic acids is 1. The number of nitrogens with zero attached hydrogens (tertiary/aromatic N) is 2. The van der Waals surface area contributed by atoms with Gasteiger partial charge in [-0.3, -0.25) is 9.69 Å². The summed E-state index contributed by atoms with van der Waals surface area (Å²) in [6.07, 6.45) is 5.01. The number of amides is 1. The molecule has 2 aromatic carbocycles. The Kier molecular flexibility index (Phi) is 5.14. The van der Waals surface area contributed by atoms with Crippen LogP contribution in [0.4, 0.5) is 0 Å². The summed E-state index contributed by atoms with van der Waals surface area (Å²) in [4.78, 5) is 15.1. The number of carbonyl (C=O) groups is 1. The van der Waals surface area contributed by atoms with E-state index in [2.05, 4.69) is 54.1 Å². The number of benzene rings is 2. The minimum absolute atomic E-state index is 0.0201. The highest BCUT2D eigenvalue weighted by molar-refractivity contribution is 8.26. The van der Waals surface area contributed by atoms with Crippen molar-refractivity contribution in [2.45, 2.75) is 19.9 Å². The third-order valence-corrected chi connectivity index (χ3v) is 6.00. The largest absolute Gasteiger partial charge is 0.342 e. The zero-order chi connectivity index (χ0) is 18.8. The molecule has 0 aliphatic carbocycles. The number of fused-ring (bicyclic) bond motifs is 1. The fraction of sp³-hybridized carbons (Fsp3) is 0.182. The average molecular weight is 393 g/mol. The van der Waals surface area contributed by atoms with Crippen LogP contribution in [-0.2, 0) is 11.3 Å². The van der Waals surface area contributed by atoms with Crippen LogP contribution in [0.15, 0.2) is 65.7 Å². The van der Waals surface area contributed by atoms with Gasteiger partial charge in [-0.2, -0.15) is 0 Å². The second-order valence-corrected chi connectivity index (χ2v) is 8.22. The molecule has 2 heterocycles. The van der Waals surface area contributed by atoms with Gasteiger partial charge < -0.3 is 4.57 Å². The highest BCUT2D eigenvalue weighted by atomic mass is 32.2. The van der Waals surface area contributed by atoms with Crippen molar-refractivity contribution in [2.75, 3.05) is 6.54 Å². The van der Waals surface area contributed by atoms with Gasteiger partial charge >= 0.3 is 0 Å². The molecule has 0 radical (unpaired) electrons. The molecule has 0 saturated carbocycles. The van der Waals surface area contributed by atoms with E-state index in [0.29, 0.717) is 15.8 Å². The van der Waals surface area contributed by atoms with Gasteiger partial charge in [0.05, 0.1) is 4.91 Å². The number of para-hydroxylation sites is 1. The summed E-state index contributed by atoms with van der Waals surface area (Å²) in [5.41, 5.74) is 3.47. The molecular weight excluding hydrogens is 372 g/mol. The van der Waals surface area contributed by atoms with Crippen LogP contribution in [0.2, 0.25) is 0 Å². The van der Waals surface area contributed by atoms with E-state index in [1.54, 1.807) is 4.90 Å². The highest BCUT2D eigenvalue weighted by Gasteiger charge is 2.31. The lowest BCUT2D eigenvalue weighted by Crippen LogP contribution is -2.28. The number of hydrogen-bond donors (Lipinski definition) is 0. The average Bonchev–Trinajstić information content (AvgIpc) is 3.16. The van der Waals surface area contributed by atoms with Gasteiger partial charge in [-0.15, -0.1) is 0 Å². The Balaban J connectivity index is 1.73. The lowest BCUT2D eigenvalue weighted by atomic mass is 10.1. The maximum atomic E-state index is 12.7. The molecule has 1 saturated heterocycles. The molecule has 3 nitrogen and oxygen atoms in total. The van der Waals surface area contributed by atoms with E-state index in [4.69, 9.17) is 12.2 Å². The Morgan fingerprint density at radius 2 is 1.81 bits per heavy atom. The van der Waals surface area contributed by atoms with Gasteiger partial charge in [0.25, 0.3) is 5.91 Å². The van der Waals surface area contributed by atoms with Gasteiger partial charge in [-0.05, 0) is 24.1 Å². The number of hydrogen-bond acceptors (Lipinski definition) is 3. The molecule has 4 rings (SSSR count). The van der Waals surface area contributed by atoms with Crippen LogP contribution < -0.4 is 0 Å². The lowest BCUT2D eigenvalue weighted by Gasteiger charge is -2.11. The molecule has 1 aromatic heterocycles. The molecule has 0 unspecified atom stereocenters. The monoisotopic (exact) mass is 392 g/mol. The summed E-state index contributed by atoms with van der Waals surface area (Å²) in [5, 5.41) is 1.15. The zero-order valence-corrected chi connectivity index (χ0v) is 16.7. The first-order valence-electron chi connectivity index (χ1n) is 9.04. The number of aromatic nitrogens is 1. The van der Waals surface area contributed by atoms with Crippen molar-refractivity contribution >= 4 is 51.2 Å². The fourth-order valence-electron chi connectivity index (χ4n) is 3.36. The van der Waals surface area contributed by atoms with E-state index in [-0.39, 0.29) is 5.91 Å². The van der Waals surface area contributed by atoms with Crippen LogP contribution in [0.3, 0.4) is 0 Å². The number of thioether (sulfide) groups is 1. The van der Waals surface area contributed by atoms with Crippen molar-refractivity contribution in [3.63, 3.8) is 0 Å². The first-order chi connectivity index (χ1) is 13.2. The first kappa shape index (κ1) is 18.0. The van der Waals surface area contributed by atoms with Crippen LogP contribution in [-0.4, -0.2) is 26.2 Å². The standard InChI is InChI=1S/C22H20N2OS2/c1-2-12-24-21(25)20(27-22(24)26)13-17-15-23(14-16-8-4-3-5-9-16)19-11-7-6-10-18(17)19/h3-11,13,15H,2,12,14H2,1H3/b20-13+.